The topological polar surface area (TPSA) is 65.5 Å². The second-order valence-electron chi connectivity index (χ2n) is 6.46. The molecule has 0 bridgehead atoms. The van der Waals surface area contributed by atoms with Crippen molar-refractivity contribution >= 4 is 22.6 Å². The van der Waals surface area contributed by atoms with Crippen molar-refractivity contribution in [2.24, 2.45) is 0 Å². The van der Waals surface area contributed by atoms with Crippen LogP contribution in [-0.4, -0.2) is 40.0 Å². The standard InChI is InChI=1S/C19H25N3O2/c1-14-6-4-5-11-22(14)18(24)9-10-20-19-16(13-23)12-15-7-2-3-8-17(15)21-19/h2-3,7-8,12,14,23H,4-6,9-11,13H2,1H3,(H,20,21)/t14-/m0/s1. The van der Waals surface area contributed by atoms with E-state index in [0.717, 1.165) is 35.9 Å². The Morgan fingerprint density at radius 2 is 2.21 bits per heavy atom. The Morgan fingerprint density at radius 3 is 3.00 bits per heavy atom. The number of hydrogen-bond donors (Lipinski definition) is 2. The van der Waals surface area contributed by atoms with E-state index in [9.17, 15) is 9.90 Å². The summed E-state index contributed by atoms with van der Waals surface area (Å²) in [6.07, 6.45) is 3.86. The number of aliphatic hydroxyl groups is 1. The minimum atomic E-state index is -0.0721. The number of rotatable bonds is 5. The SMILES string of the molecule is C[C@H]1CCCCN1C(=O)CCNc1nc2ccccc2cc1CO. The van der Waals surface area contributed by atoms with Crippen molar-refractivity contribution in [3.63, 3.8) is 0 Å². The summed E-state index contributed by atoms with van der Waals surface area (Å²) in [7, 11) is 0. The zero-order chi connectivity index (χ0) is 16.9. The van der Waals surface area contributed by atoms with Crippen molar-refractivity contribution in [3.05, 3.63) is 35.9 Å². The van der Waals surface area contributed by atoms with Gasteiger partial charge in [0.25, 0.3) is 0 Å². The quantitative estimate of drug-likeness (QED) is 0.886. The van der Waals surface area contributed by atoms with Gasteiger partial charge in [0, 0.05) is 36.5 Å². The highest BCUT2D eigenvalue weighted by atomic mass is 16.3. The molecule has 0 aliphatic carbocycles. The number of fused-ring (bicyclic) bond motifs is 1. The number of aliphatic hydroxyl groups excluding tert-OH is 1. The summed E-state index contributed by atoms with van der Waals surface area (Å²) in [5.74, 6) is 0.858. The lowest BCUT2D eigenvalue weighted by atomic mass is 10.0. The summed E-state index contributed by atoms with van der Waals surface area (Å²) in [6.45, 7) is 3.45. The predicted octanol–water partition coefficient (Wildman–Crippen LogP) is 2.93. The van der Waals surface area contributed by atoms with Crippen molar-refractivity contribution in [2.45, 2.75) is 45.3 Å². The fraction of sp³-hybridized carbons (Fsp3) is 0.474. The first kappa shape index (κ1) is 16.7. The number of nitrogens with zero attached hydrogens (tertiary/aromatic N) is 2. The summed E-state index contributed by atoms with van der Waals surface area (Å²) in [5.41, 5.74) is 1.64. The molecule has 1 aromatic heterocycles. The van der Waals surface area contributed by atoms with Gasteiger partial charge in [0.1, 0.15) is 5.82 Å². The number of likely N-dealkylation sites (tertiary alicyclic amines) is 1. The Hall–Kier alpha value is -2.14. The Balaban J connectivity index is 1.63. The number of amides is 1. The van der Waals surface area contributed by atoms with E-state index in [1.807, 2.05) is 35.2 Å². The summed E-state index contributed by atoms with van der Waals surface area (Å²) in [4.78, 5) is 18.9. The number of pyridine rings is 1. The molecule has 0 radical (unpaired) electrons. The summed E-state index contributed by atoms with van der Waals surface area (Å²) in [6, 6.07) is 10.1. The Morgan fingerprint density at radius 1 is 1.38 bits per heavy atom. The van der Waals surface area contributed by atoms with Gasteiger partial charge in [-0.2, -0.15) is 0 Å². The highest BCUT2D eigenvalue weighted by molar-refractivity contribution is 5.82. The smallest absolute Gasteiger partial charge is 0.224 e. The summed E-state index contributed by atoms with van der Waals surface area (Å²) in [5, 5.41) is 13.8. The number of nitrogens with one attached hydrogen (secondary N) is 1. The molecule has 1 aromatic carbocycles. The highest BCUT2D eigenvalue weighted by Crippen LogP contribution is 2.21. The van der Waals surface area contributed by atoms with E-state index in [2.05, 4.69) is 17.2 Å². The molecule has 5 nitrogen and oxygen atoms in total. The number of piperidine rings is 1. The van der Waals surface area contributed by atoms with E-state index < -0.39 is 0 Å². The largest absolute Gasteiger partial charge is 0.392 e. The summed E-state index contributed by atoms with van der Waals surface area (Å²) < 4.78 is 0. The van der Waals surface area contributed by atoms with Gasteiger partial charge >= 0.3 is 0 Å². The molecule has 0 saturated carbocycles. The van der Waals surface area contributed by atoms with Crippen molar-refractivity contribution < 1.29 is 9.90 Å². The van der Waals surface area contributed by atoms with Crippen LogP contribution in [0, 0.1) is 0 Å². The van der Waals surface area contributed by atoms with Gasteiger partial charge in [0.2, 0.25) is 5.91 Å². The van der Waals surface area contributed by atoms with Crippen LogP contribution in [-0.2, 0) is 11.4 Å². The fourth-order valence-electron chi connectivity index (χ4n) is 3.33. The third kappa shape index (κ3) is 3.67. The number of hydrogen-bond acceptors (Lipinski definition) is 4. The number of carbonyl (C=O) groups is 1. The molecule has 1 aliphatic rings. The fourth-order valence-corrected chi connectivity index (χ4v) is 3.33. The molecule has 24 heavy (non-hydrogen) atoms. The molecule has 1 amide bonds. The molecule has 1 aliphatic heterocycles. The zero-order valence-corrected chi connectivity index (χ0v) is 14.2. The van der Waals surface area contributed by atoms with E-state index in [1.165, 1.54) is 6.42 Å². The van der Waals surface area contributed by atoms with Crippen molar-refractivity contribution in [2.75, 3.05) is 18.4 Å². The van der Waals surface area contributed by atoms with E-state index in [0.29, 0.717) is 24.8 Å². The van der Waals surface area contributed by atoms with Crippen molar-refractivity contribution in [3.8, 4) is 0 Å². The van der Waals surface area contributed by atoms with Gasteiger partial charge in [0.05, 0.1) is 12.1 Å². The van der Waals surface area contributed by atoms with Crippen LogP contribution < -0.4 is 5.32 Å². The maximum atomic E-state index is 12.4. The van der Waals surface area contributed by atoms with Gasteiger partial charge in [0.15, 0.2) is 0 Å². The second-order valence-corrected chi connectivity index (χ2v) is 6.46. The number of aromatic nitrogens is 1. The maximum absolute atomic E-state index is 12.4. The first-order valence-corrected chi connectivity index (χ1v) is 8.72. The first-order chi connectivity index (χ1) is 11.7. The Kier molecular flexibility index (Phi) is 5.30. The van der Waals surface area contributed by atoms with Crippen LogP contribution in [0.25, 0.3) is 10.9 Å². The van der Waals surface area contributed by atoms with Crippen LogP contribution in [0.5, 0.6) is 0 Å². The average molecular weight is 327 g/mol. The third-order valence-corrected chi connectivity index (χ3v) is 4.73. The van der Waals surface area contributed by atoms with Crippen LogP contribution >= 0.6 is 0 Å². The van der Waals surface area contributed by atoms with Crippen LogP contribution in [0.3, 0.4) is 0 Å². The lowest BCUT2D eigenvalue weighted by molar-refractivity contribution is -0.134. The molecule has 0 unspecified atom stereocenters. The highest BCUT2D eigenvalue weighted by Gasteiger charge is 2.22. The second kappa shape index (κ2) is 7.62. The molecule has 128 valence electrons. The molecule has 2 N–H and O–H groups in total. The first-order valence-electron chi connectivity index (χ1n) is 8.72. The van der Waals surface area contributed by atoms with E-state index in [4.69, 9.17) is 0 Å². The molecule has 0 spiro atoms. The molecule has 3 rings (SSSR count). The van der Waals surface area contributed by atoms with Gasteiger partial charge in [-0.3, -0.25) is 4.79 Å². The molecule has 2 heterocycles. The molecular formula is C19H25N3O2. The minimum Gasteiger partial charge on any atom is -0.392 e. The van der Waals surface area contributed by atoms with Crippen molar-refractivity contribution in [1.29, 1.82) is 0 Å². The van der Waals surface area contributed by atoms with E-state index in [-0.39, 0.29) is 12.5 Å². The van der Waals surface area contributed by atoms with Gasteiger partial charge < -0.3 is 15.3 Å². The lowest BCUT2D eigenvalue weighted by Gasteiger charge is -2.33. The van der Waals surface area contributed by atoms with Crippen LogP contribution in [0.1, 0.15) is 38.2 Å². The number of para-hydroxylation sites is 1. The Labute approximate surface area is 142 Å². The summed E-state index contributed by atoms with van der Waals surface area (Å²) >= 11 is 0. The number of anilines is 1. The number of benzene rings is 1. The lowest BCUT2D eigenvalue weighted by Crippen LogP contribution is -2.42. The van der Waals surface area contributed by atoms with Gasteiger partial charge in [-0.25, -0.2) is 4.98 Å². The molecule has 1 fully saturated rings. The molecular weight excluding hydrogens is 302 g/mol. The molecule has 5 heteroatoms. The maximum Gasteiger partial charge on any atom is 0.224 e. The Bertz CT molecular complexity index is 717. The van der Waals surface area contributed by atoms with E-state index >= 15 is 0 Å². The molecule has 1 saturated heterocycles. The predicted molar refractivity (Wildman–Crippen MR) is 95.8 cm³/mol. The van der Waals surface area contributed by atoms with Crippen molar-refractivity contribution in [1.82, 2.24) is 9.88 Å². The van der Waals surface area contributed by atoms with Crippen LogP contribution in [0.4, 0.5) is 5.82 Å². The zero-order valence-electron chi connectivity index (χ0n) is 14.2. The van der Waals surface area contributed by atoms with Gasteiger partial charge in [-0.15, -0.1) is 0 Å². The third-order valence-electron chi connectivity index (χ3n) is 4.73. The number of carbonyl (C=O) groups excluding carboxylic acids is 1. The van der Waals surface area contributed by atoms with E-state index in [1.54, 1.807) is 0 Å². The minimum absolute atomic E-state index is 0.0721. The molecule has 2 aromatic rings. The monoisotopic (exact) mass is 327 g/mol. The van der Waals surface area contributed by atoms with Gasteiger partial charge in [-0.05, 0) is 38.3 Å². The van der Waals surface area contributed by atoms with Crippen LogP contribution in [0.2, 0.25) is 0 Å². The average Bonchev–Trinajstić information content (AvgIpc) is 2.61. The van der Waals surface area contributed by atoms with Gasteiger partial charge in [-0.1, -0.05) is 18.2 Å². The van der Waals surface area contributed by atoms with Crippen LogP contribution in [0.15, 0.2) is 30.3 Å². The normalized spacial score (nSPS) is 17.9. The molecule has 1 atom stereocenters.